The van der Waals surface area contributed by atoms with Crippen LogP contribution in [0.3, 0.4) is 0 Å². The predicted molar refractivity (Wildman–Crippen MR) is 74.3 cm³/mol. The SMILES string of the molecule is Nc1ccc2c(c1)C(=S)N([C@H]1CCC(=O)NC1=O)C2. The lowest BCUT2D eigenvalue weighted by molar-refractivity contribution is -0.136. The number of nitrogen functional groups attached to an aromatic ring is 1. The lowest BCUT2D eigenvalue weighted by Gasteiger charge is -2.30. The number of amides is 2. The van der Waals surface area contributed by atoms with E-state index in [-0.39, 0.29) is 17.9 Å². The van der Waals surface area contributed by atoms with Crippen molar-refractivity contribution >= 4 is 34.7 Å². The van der Waals surface area contributed by atoms with Crippen molar-refractivity contribution in [1.82, 2.24) is 10.2 Å². The Kier molecular flexibility index (Phi) is 2.74. The van der Waals surface area contributed by atoms with Crippen molar-refractivity contribution in [2.45, 2.75) is 25.4 Å². The summed E-state index contributed by atoms with van der Waals surface area (Å²) in [6.45, 7) is 0.598. The Morgan fingerprint density at radius 3 is 2.89 bits per heavy atom. The third kappa shape index (κ3) is 1.98. The van der Waals surface area contributed by atoms with Crippen molar-refractivity contribution in [3.05, 3.63) is 29.3 Å². The average Bonchev–Trinajstić information content (AvgIpc) is 2.67. The van der Waals surface area contributed by atoms with Crippen LogP contribution in [0.1, 0.15) is 24.0 Å². The molecule has 0 unspecified atom stereocenters. The number of benzene rings is 1. The predicted octanol–water partition coefficient (Wildman–Crippen LogP) is 0.565. The zero-order valence-corrected chi connectivity index (χ0v) is 11.0. The number of carbonyl (C=O) groups is 2. The first-order chi connectivity index (χ1) is 9.06. The number of nitrogens with one attached hydrogen (secondary N) is 1. The Hall–Kier alpha value is -1.95. The van der Waals surface area contributed by atoms with Gasteiger partial charge in [-0.15, -0.1) is 0 Å². The third-order valence-electron chi connectivity index (χ3n) is 3.55. The molecule has 0 bridgehead atoms. The van der Waals surface area contributed by atoms with Crippen LogP contribution in [0, 0.1) is 0 Å². The van der Waals surface area contributed by atoms with E-state index in [1.807, 2.05) is 23.1 Å². The Labute approximate surface area is 115 Å². The van der Waals surface area contributed by atoms with Crippen LogP contribution in [0.25, 0.3) is 0 Å². The molecule has 3 rings (SSSR count). The first-order valence-corrected chi connectivity index (χ1v) is 6.50. The molecule has 19 heavy (non-hydrogen) atoms. The molecule has 1 atom stereocenters. The summed E-state index contributed by atoms with van der Waals surface area (Å²) < 4.78 is 0. The molecule has 1 aromatic carbocycles. The maximum atomic E-state index is 11.9. The first kappa shape index (κ1) is 12.1. The van der Waals surface area contributed by atoms with Gasteiger partial charge in [0, 0.05) is 24.2 Å². The van der Waals surface area contributed by atoms with Gasteiger partial charge in [0.15, 0.2) is 0 Å². The van der Waals surface area contributed by atoms with E-state index in [9.17, 15) is 9.59 Å². The molecule has 1 aromatic rings. The number of rotatable bonds is 1. The molecule has 0 saturated carbocycles. The number of fused-ring (bicyclic) bond motifs is 1. The van der Waals surface area contributed by atoms with Crippen LogP contribution in [0.15, 0.2) is 18.2 Å². The van der Waals surface area contributed by atoms with Crippen LogP contribution in [0.4, 0.5) is 5.69 Å². The van der Waals surface area contributed by atoms with Gasteiger partial charge in [0.2, 0.25) is 11.8 Å². The fourth-order valence-electron chi connectivity index (χ4n) is 2.57. The Morgan fingerprint density at radius 1 is 1.37 bits per heavy atom. The quantitative estimate of drug-likeness (QED) is 0.445. The number of nitrogens with two attached hydrogens (primary N) is 1. The molecule has 1 fully saturated rings. The van der Waals surface area contributed by atoms with Gasteiger partial charge in [-0.3, -0.25) is 14.9 Å². The molecule has 5 nitrogen and oxygen atoms in total. The number of nitrogens with zero attached hydrogens (tertiary/aromatic N) is 1. The van der Waals surface area contributed by atoms with E-state index in [0.29, 0.717) is 30.1 Å². The zero-order chi connectivity index (χ0) is 13.6. The first-order valence-electron chi connectivity index (χ1n) is 6.09. The molecule has 98 valence electrons. The summed E-state index contributed by atoms with van der Waals surface area (Å²) in [6.07, 6.45) is 0.863. The molecule has 3 N–H and O–H groups in total. The second-order valence-corrected chi connectivity index (χ2v) is 5.20. The summed E-state index contributed by atoms with van der Waals surface area (Å²) in [5.41, 5.74) is 8.41. The molecule has 2 heterocycles. The topological polar surface area (TPSA) is 75.4 Å². The summed E-state index contributed by atoms with van der Waals surface area (Å²) >= 11 is 5.42. The summed E-state index contributed by atoms with van der Waals surface area (Å²) in [4.78, 5) is 25.6. The van der Waals surface area contributed by atoms with Crippen LogP contribution in [-0.4, -0.2) is 27.7 Å². The number of piperidine rings is 1. The highest BCUT2D eigenvalue weighted by molar-refractivity contribution is 7.80. The van der Waals surface area contributed by atoms with Crippen LogP contribution in [0.5, 0.6) is 0 Å². The van der Waals surface area contributed by atoms with Crippen molar-refractivity contribution in [3.8, 4) is 0 Å². The van der Waals surface area contributed by atoms with Crippen LogP contribution in [0.2, 0.25) is 0 Å². The molecular formula is C13H13N3O2S. The number of thiocarbonyl (C=S) groups is 1. The highest BCUT2D eigenvalue weighted by atomic mass is 32.1. The highest BCUT2D eigenvalue weighted by Gasteiger charge is 2.36. The Bertz CT molecular complexity index is 600. The molecule has 1 saturated heterocycles. The molecule has 0 radical (unpaired) electrons. The van der Waals surface area contributed by atoms with E-state index in [4.69, 9.17) is 18.0 Å². The molecule has 0 aromatic heterocycles. The van der Waals surface area contributed by atoms with Crippen LogP contribution in [-0.2, 0) is 16.1 Å². The smallest absolute Gasteiger partial charge is 0.249 e. The van der Waals surface area contributed by atoms with Gasteiger partial charge < -0.3 is 10.6 Å². The molecular weight excluding hydrogens is 262 g/mol. The number of carbonyl (C=O) groups excluding carboxylic acids is 2. The Morgan fingerprint density at radius 2 is 2.16 bits per heavy atom. The van der Waals surface area contributed by atoms with E-state index in [1.54, 1.807) is 0 Å². The van der Waals surface area contributed by atoms with Gasteiger partial charge in [0.05, 0.1) is 0 Å². The van der Waals surface area contributed by atoms with E-state index < -0.39 is 0 Å². The molecule has 2 aliphatic rings. The molecule has 2 aliphatic heterocycles. The van der Waals surface area contributed by atoms with Crippen molar-refractivity contribution in [2.75, 3.05) is 5.73 Å². The lowest BCUT2D eigenvalue weighted by atomic mass is 10.0. The Balaban J connectivity index is 1.88. The van der Waals surface area contributed by atoms with Gasteiger partial charge in [-0.25, -0.2) is 0 Å². The number of anilines is 1. The minimum Gasteiger partial charge on any atom is -0.399 e. The number of imide groups is 1. The molecule has 2 amide bonds. The average molecular weight is 275 g/mol. The lowest BCUT2D eigenvalue weighted by Crippen LogP contribution is -2.52. The fraction of sp³-hybridized carbons (Fsp3) is 0.308. The van der Waals surface area contributed by atoms with Crippen LogP contribution >= 0.6 is 12.2 Å². The summed E-state index contributed by atoms with van der Waals surface area (Å²) in [5.74, 6) is -0.479. The molecule has 6 heteroatoms. The maximum Gasteiger partial charge on any atom is 0.249 e. The highest BCUT2D eigenvalue weighted by Crippen LogP contribution is 2.29. The van der Waals surface area contributed by atoms with Crippen molar-refractivity contribution in [3.63, 3.8) is 0 Å². The third-order valence-corrected chi connectivity index (χ3v) is 4.01. The van der Waals surface area contributed by atoms with E-state index in [1.165, 1.54) is 0 Å². The number of hydrogen-bond donors (Lipinski definition) is 2. The van der Waals surface area contributed by atoms with E-state index in [0.717, 1.165) is 11.1 Å². The van der Waals surface area contributed by atoms with E-state index >= 15 is 0 Å². The van der Waals surface area contributed by atoms with Gasteiger partial charge in [0.1, 0.15) is 11.0 Å². The van der Waals surface area contributed by atoms with Crippen molar-refractivity contribution < 1.29 is 9.59 Å². The van der Waals surface area contributed by atoms with Gasteiger partial charge in [-0.05, 0) is 24.1 Å². The van der Waals surface area contributed by atoms with E-state index in [2.05, 4.69) is 5.32 Å². The standard InChI is InChI=1S/C13H13N3O2S/c14-8-2-1-7-6-16(13(19)9(7)5-8)10-3-4-11(17)15-12(10)18/h1-2,5,10H,3-4,6,14H2,(H,15,17,18)/t10-/m0/s1. The second kappa shape index (κ2) is 4.31. The van der Waals surface area contributed by atoms with Gasteiger partial charge in [-0.1, -0.05) is 18.3 Å². The minimum absolute atomic E-state index is 0.215. The monoisotopic (exact) mass is 275 g/mol. The van der Waals surface area contributed by atoms with Crippen molar-refractivity contribution in [2.24, 2.45) is 0 Å². The zero-order valence-electron chi connectivity index (χ0n) is 10.2. The number of hydrogen-bond acceptors (Lipinski definition) is 4. The maximum absolute atomic E-state index is 11.9. The summed E-state index contributed by atoms with van der Waals surface area (Å²) in [5, 5.41) is 2.36. The minimum atomic E-state index is -0.362. The van der Waals surface area contributed by atoms with Gasteiger partial charge in [-0.2, -0.15) is 0 Å². The fourth-order valence-corrected chi connectivity index (χ4v) is 2.95. The second-order valence-electron chi connectivity index (χ2n) is 4.82. The summed E-state index contributed by atoms with van der Waals surface area (Å²) in [6, 6.07) is 5.24. The largest absolute Gasteiger partial charge is 0.399 e. The van der Waals surface area contributed by atoms with Gasteiger partial charge >= 0.3 is 0 Å². The molecule has 0 spiro atoms. The van der Waals surface area contributed by atoms with Crippen LogP contribution < -0.4 is 11.1 Å². The normalized spacial score (nSPS) is 22.4. The summed E-state index contributed by atoms with van der Waals surface area (Å²) in [7, 11) is 0. The molecule has 0 aliphatic carbocycles. The van der Waals surface area contributed by atoms with Gasteiger partial charge in [0.25, 0.3) is 0 Å². The van der Waals surface area contributed by atoms with Crippen molar-refractivity contribution in [1.29, 1.82) is 0 Å².